The van der Waals surface area contributed by atoms with Crippen LogP contribution in [0.15, 0.2) is 30.3 Å². The molecule has 2 atom stereocenters. The number of hydrogen-bond donors (Lipinski definition) is 1. The van der Waals surface area contributed by atoms with Crippen LogP contribution in [0.4, 0.5) is 0 Å². The predicted octanol–water partition coefficient (Wildman–Crippen LogP) is 2.27. The van der Waals surface area contributed by atoms with Gasteiger partial charge >= 0.3 is 0 Å². The number of amides is 2. The fourth-order valence-corrected chi connectivity index (χ4v) is 4.32. The lowest BCUT2D eigenvalue weighted by atomic mass is 10.0. The number of rotatable bonds is 8. The Kier molecular flexibility index (Phi) is 8.07. The Morgan fingerprint density at radius 1 is 1.00 bits per heavy atom. The zero-order valence-corrected chi connectivity index (χ0v) is 18.0. The summed E-state index contributed by atoms with van der Waals surface area (Å²) in [6.07, 6.45) is 4.23. The molecular formula is C23H36N4O2. The molecule has 0 spiro atoms. The predicted molar refractivity (Wildman–Crippen MR) is 116 cm³/mol. The van der Waals surface area contributed by atoms with Gasteiger partial charge in [-0.3, -0.25) is 19.4 Å². The molecule has 2 amide bonds. The van der Waals surface area contributed by atoms with Crippen LogP contribution in [0.2, 0.25) is 0 Å². The minimum atomic E-state index is -0.158. The summed E-state index contributed by atoms with van der Waals surface area (Å²) in [6, 6.07) is 10.1. The van der Waals surface area contributed by atoms with Crippen molar-refractivity contribution >= 4 is 11.8 Å². The molecule has 1 N–H and O–H groups in total. The molecule has 2 aliphatic heterocycles. The van der Waals surface area contributed by atoms with Gasteiger partial charge in [0.05, 0.1) is 18.6 Å². The Balaban J connectivity index is 1.47. The van der Waals surface area contributed by atoms with Crippen LogP contribution in [0.1, 0.15) is 51.1 Å². The molecule has 160 valence electrons. The number of hydrogen-bond acceptors (Lipinski definition) is 4. The third-order valence-electron chi connectivity index (χ3n) is 6.25. The molecule has 0 aromatic heterocycles. The Morgan fingerprint density at radius 2 is 1.66 bits per heavy atom. The van der Waals surface area contributed by atoms with Crippen molar-refractivity contribution in [2.24, 2.45) is 0 Å². The quantitative estimate of drug-likeness (QED) is 0.727. The monoisotopic (exact) mass is 400 g/mol. The van der Waals surface area contributed by atoms with Gasteiger partial charge in [0.2, 0.25) is 11.8 Å². The van der Waals surface area contributed by atoms with E-state index in [0.717, 1.165) is 65.0 Å². The van der Waals surface area contributed by atoms with Crippen LogP contribution in [-0.4, -0.2) is 78.4 Å². The Morgan fingerprint density at radius 3 is 2.28 bits per heavy atom. The molecule has 0 aliphatic carbocycles. The lowest BCUT2D eigenvalue weighted by molar-refractivity contribution is -0.133. The van der Waals surface area contributed by atoms with Gasteiger partial charge < -0.3 is 10.2 Å². The topological polar surface area (TPSA) is 55.9 Å². The van der Waals surface area contributed by atoms with E-state index in [1.54, 1.807) is 0 Å². The summed E-state index contributed by atoms with van der Waals surface area (Å²) in [7, 11) is 0. The van der Waals surface area contributed by atoms with Crippen LogP contribution in [0.5, 0.6) is 0 Å². The van der Waals surface area contributed by atoms with Crippen molar-refractivity contribution in [2.75, 3.05) is 45.8 Å². The standard InChI is InChI=1S/C23H36N4O2/c1-3-9-21(20-10-5-4-6-11-20)24-23(29)19(2)26-16-14-25(15-17-26)18-22(28)27-12-7-8-13-27/h4-6,10-11,19,21H,3,7-9,12-18H2,1-2H3,(H,24,29). The zero-order valence-electron chi connectivity index (χ0n) is 18.0. The van der Waals surface area contributed by atoms with E-state index in [2.05, 4.69) is 34.2 Å². The first-order valence-electron chi connectivity index (χ1n) is 11.2. The van der Waals surface area contributed by atoms with E-state index in [1.165, 1.54) is 5.56 Å². The fourth-order valence-electron chi connectivity index (χ4n) is 4.32. The molecule has 1 aromatic rings. The summed E-state index contributed by atoms with van der Waals surface area (Å²) < 4.78 is 0. The van der Waals surface area contributed by atoms with Gasteiger partial charge in [0.15, 0.2) is 0 Å². The minimum absolute atomic E-state index is 0.0653. The van der Waals surface area contributed by atoms with Gasteiger partial charge in [0, 0.05) is 39.3 Å². The molecule has 2 unspecified atom stereocenters. The van der Waals surface area contributed by atoms with Crippen molar-refractivity contribution in [2.45, 2.75) is 51.6 Å². The molecule has 6 heteroatoms. The third-order valence-corrected chi connectivity index (χ3v) is 6.25. The van der Waals surface area contributed by atoms with E-state index in [1.807, 2.05) is 30.0 Å². The average molecular weight is 401 g/mol. The smallest absolute Gasteiger partial charge is 0.237 e. The Bertz CT molecular complexity index is 652. The second kappa shape index (κ2) is 10.7. The summed E-state index contributed by atoms with van der Waals surface area (Å²) in [5.41, 5.74) is 1.17. The molecule has 3 rings (SSSR count). The Hall–Kier alpha value is -1.92. The number of nitrogens with one attached hydrogen (secondary N) is 1. The van der Waals surface area contributed by atoms with Crippen molar-refractivity contribution in [3.63, 3.8) is 0 Å². The number of carbonyl (C=O) groups is 2. The van der Waals surface area contributed by atoms with Gasteiger partial charge in [-0.05, 0) is 31.7 Å². The highest BCUT2D eigenvalue weighted by Crippen LogP contribution is 2.19. The van der Waals surface area contributed by atoms with Crippen LogP contribution in [0.25, 0.3) is 0 Å². The van der Waals surface area contributed by atoms with Gasteiger partial charge in [-0.15, -0.1) is 0 Å². The molecular weight excluding hydrogens is 364 g/mol. The van der Waals surface area contributed by atoms with E-state index in [9.17, 15) is 9.59 Å². The lowest BCUT2D eigenvalue weighted by Gasteiger charge is -2.38. The molecule has 2 heterocycles. The zero-order chi connectivity index (χ0) is 20.6. The normalized spacial score (nSPS) is 20.4. The van der Waals surface area contributed by atoms with Gasteiger partial charge in [-0.2, -0.15) is 0 Å². The molecule has 29 heavy (non-hydrogen) atoms. The number of likely N-dealkylation sites (tertiary alicyclic amines) is 1. The third kappa shape index (κ3) is 6.03. The number of benzene rings is 1. The summed E-state index contributed by atoms with van der Waals surface area (Å²) in [5.74, 6) is 0.348. The molecule has 0 bridgehead atoms. The fraction of sp³-hybridized carbons (Fsp3) is 0.652. The van der Waals surface area contributed by atoms with Crippen LogP contribution in [-0.2, 0) is 9.59 Å². The van der Waals surface area contributed by atoms with E-state index in [-0.39, 0.29) is 23.9 Å². The van der Waals surface area contributed by atoms with Crippen LogP contribution >= 0.6 is 0 Å². The summed E-state index contributed by atoms with van der Waals surface area (Å²) >= 11 is 0. The second-order valence-electron chi connectivity index (χ2n) is 8.34. The van der Waals surface area contributed by atoms with Crippen molar-refractivity contribution in [3.05, 3.63) is 35.9 Å². The average Bonchev–Trinajstić information content (AvgIpc) is 3.29. The molecule has 0 saturated carbocycles. The van der Waals surface area contributed by atoms with Gasteiger partial charge in [-0.1, -0.05) is 43.7 Å². The largest absolute Gasteiger partial charge is 0.348 e. The molecule has 2 aliphatic rings. The first kappa shape index (κ1) is 21.8. The van der Waals surface area contributed by atoms with Crippen molar-refractivity contribution in [1.82, 2.24) is 20.0 Å². The van der Waals surface area contributed by atoms with E-state index in [4.69, 9.17) is 0 Å². The van der Waals surface area contributed by atoms with Crippen LogP contribution in [0, 0.1) is 0 Å². The van der Waals surface area contributed by atoms with Crippen molar-refractivity contribution in [1.29, 1.82) is 0 Å². The number of carbonyl (C=O) groups excluding carboxylic acids is 2. The molecule has 2 fully saturated rings. The van der Waals surface area contributed by atoms with Crippen molar-refractivity contribution in [3.8, 4) is 0 Å². The second-order valence-corrected chi connectivity index (χ2v) is 8.34. The van der Waals surface area contributed by atoms with E-state index >= 15 is 0 Å². The first-order valence-corrected chi connectivity index (χ1v) is 11.2. The van der Waals surface area contributed by atoms with E-state index < -0.39 is 0 Å². The molecule has 2 saturated heterocycles. The van der Waals surface area contributed by atoms with Crippen LogP contribution < -0.4 is 5.32 Å². The van der Waals surface area contributed by atoms with Crippen molar-refractivity contribution < 1.29 is 9.59 Å². The maximum Gasteiger partial charge on any atom is 0.237 e. The number of nitrogens with zero attached hydrogens (tertiary/aromatic N) is 3. The first-order chi connectivity index (χ1) is 14.1. The summed E-state index contributed by atoms with van der Waals surface area (Å²) in [5, 5.41) is 3.26. The molecule has 1 aromatic carbocycles. The van der Waals surface area contributed by atoms with E-state index in [0.29, 0.717) is 6.54 Å². The van der Waals surface area contributed by atoms with Gasteiger partial charge in [0.1, 0.15) is 0 Å². The maximum absolute atomic E-state index is 12.9. The van der Waals surface area contributed by atoms with Gasteiger partial charge in [-0.25, -0.2) is 0 Å². The highest BCUT2D eigenvalue weighted by molar-refractivity contribution is 5.81. The highest BCUT2D eigenvalue weighted by Gasteiger charge is 2.28. The van der Waals surface area contributed by atoms with Gasteiger partial charge in [0.25, 0.3) is 0 Å². The SMILES string of the molecule is CCCC(NC(=O)C(C)N1CCN(CC(=O)N2CCCC2)CC1)c1ccccc1. The van der Waals surface area contributed by atoms with Crippen LogP contribution in [0.3, 0.4) is 0 Å². The minimum Gasteiger partial charge on any atom is -0.348 e. The summed E-state index contributed by atoms with van der Waals surface area (Å²) in [4.78, 5) is 31.7. The summed E-state index contributed by atoms with van der Waals surface area (Å²) in [6.45, 7) is 9.82. The number of piperazine rings is 1. The maximum atomic E-state index is 12.9. The lowest BCUT2D eigenvalue weighted by Crippen LogP contribution is -2.55. The molecule has 6 nitrogen and oxygen atoms in total. The highest BCUT2D eigenvalue weighted by atomic mass is 16.2. The molecule has 0 radical (unpaired) electrons. The Labute approximate surface area is 175 Å².